The molecule has 0 atom stereocenters. The van der Waals surface area contributed by atoms with E-state index >= 15 is 0 Å². The Hall–Kier alpha value is -1.87. The number of thioether (sulfide) groups is 1. The molecule has 0 N–H and O–H groups in total. The lowest BCUT2D eigenvalue weighted by Gasteiger charge is -2.37. The molecule has 0 aromatic carbocycles. The number of hydrogen-bond donors (Lipinski definition) is 0. The molecular weight excluding hydrogens is 376 g/mol. The highest BCUT2D eigenvalue weighted by molar-refractivity contribution is 7.99. The SMILES string of the molecule is CN1CCC(N(Cc2ccco2)C(=O)CSc2nnnn2C2CCCC2)CC1. The second-order valence-electron chi connectivity index (χ2n) is 7.77. The van der Waals surface area contributed by atoms with Crippen molar-refractivity contribution < 1.29 is 9.21 Å². The molecule has 1 saturated heterocycles. The number of aromatic nitrogens is 4. The first-order valence-corrected chi connectivity index (χ1v) is 11.1. The van der Waals surface area contributed by atoms with Crippen molar-refractivity contribution >= 4 is 17.7 Å². The van der Waals surface area contributed by atoms with E-state index in [2.05, 4.69) is 27.5 Å². The topological polar surface area (TPSA) is 80.3 Å². The standard InChI is InChI=1S/C19H28N6O2S/c1-23-10-8-15(9-11-23)24(13-17-7-4-12-27-17)18(26)14-28-19-20-21-22-25(19)16-5-2-3-6-16/h4,7,12,15-16H,2-3,5-6,8-11,13-14H2,1H3. The number of amides is 1. The van der Waals surface area contributed by atoms with Crippen LogP contribution in [0.3, 0.4) is 0 Å². The molecule has 0 spiro atoms. The van der Waals surface area contributed by atoms with Gasteiger partial charge in [-0.05, 0) is 68.4 Å². The minimum Gasteiger partial charge on any atom is -0.467 e. The Morgan fingerprint density at radius 1 is 1.29 bits per heavy atom. The van der Waals surface area contributed by atoms with Gasteiger partial charge in [-0.2, -0.15) is 0 Å². The average molecular weight is 405 g/mol. The first kappa shape index (κ1) is 19.4. The van der Waals surface area contributed by atoms with E-state index < -0.39 is 0 Å². The molecule has 0 radical (unpaired) electrons. The summed E-state index contributed by atoms with van der Waals surface area (Å²) in [4.78, 5) is 17.5. The number of rotatable bonds is 7. The highest BCUT2D eigenvalue weighted by Crippen LogP contribution is 2.31. The summed E-state index contributed by atoms with van der Waals surface area (Å²) in [7, 11) is 2.13. The molecule has 0 bridgehead atoms. The predicted octanol–water partition coefficient (Wildman–Crippen LogP) is 2.60. The van der Waals surface area contributed by atoms with Gasteiger partial charge in [0.1, 0.15) is 5.76 Å². The fourth-order valence-corrected chi connectivity index (χ4v) is 5.00. The van der Waals surface area contributed by atoms with Crippen LogP contribution in [0.25, 0.3) is 0 Å². The molecule has 0 unspecified atom stereocenters. The minimum atomic E-state index is 0.122. The molecule has 28 heavy (non-hydrogen) atoms. The van der Waals surface area contributed by atoms with E-state index in [-0.39, 0.29) is 11.9 Å². The highest BCUT2D eigenvalue weighted by atomic mass is 32.2. The van der Waals surface area contributed by atoms with E-state index in [0.717, 1.165) is 49.7 Å². The Bertz CT molecular complexity index is 750. The van der Waals surface area contributed by atoms with Crippen molar-refractivity contribution in [1.82, 2.24) is 30.0 Å². The van der Waals surface area contributed by atoms with Gasteiger partial charge in [0.2, 0.25) is 11.1 Å². The first-order valence-electron chi connectivity index (χ1n) is 10.1. The zero-order chi connectivity index (χ0) is 19.3. The van der Waals surface area contributed by atoms with Crippen LogP contribution in [-0.2, 0) is 11.3 Å². The van der Waals surface area contributed by atoms with Gasteiger partial charge >= 0.3 is 0 Å². The van der Waals surface area contributed by atoms with E-state index in [1.807, 2.05) is 21.7 Å². The monoisotopic (exact) mass is 404 g/mol. The third-order valence-electron chi connectivity index (χ3n) is 5.81. The van der Waals surface area contributed by atoms with Crippen LogP contribution in [0.4, 0.5) is 0 Å². The summed E-state index contributed by atoms with van der Waals surface area (Å²) in [5.74, 6) is 1.30. The lowest BCUT2D eigenvalue weighted by Crippen LogP contribution is -2.46. The van der Waals surface area contributed by atoms with Gasteiger partial charge in [-0.25, -0.2) is 4.68 Å². The summed E-state index contributed by atoms with van der Waals surface area (Å²) in [6, 6.07) is 4.43. The molecule has 9 heteroatoms. The van der Waals surface area contributed by atoms with Gasteiger partial charge in [0, 0.05) is 6.04 Å². The van der Waals surface area contributed by atoms with Crippen LogP contribution in [0, 0.1) is 0 Å². The fourth-order valence-electron chi connectivity index (χ4n) is 4.17. The van der Waals surface area contributed by atoms with Gasteiger partial charge in [0.15, 0.2) is 0 Å². The normalized spacial score (nSPS) is 19.3. The molecule has 2 aromatic heterocycles. The molecule has 3 heterocycles. The Labute approximate surface area is 169 Å². The molecule has 1 aliphatic heterocycles. The molecule has 4 rings (SSSR count). The summed E-state index contributed by atoms with van der Waals surface area (Å²) >= 11 is 1.45. The number of piperidine rings is 1. The zero-order valence-corrected chi connectivity index (χ0v) is 17.2. The first-order chi connectivity index (χ1) is 13.7. The quantitative estimate of drug-likeness (QED) is 0.656. The van der Waals surface area contributed by atoms with E-state index in [1.54, 1.807) is 6.26 Å². The van der Waals surface area contributed by atoms with Crippen LogP contribution in [0.1, 0.15) is 50.3 Å². The molecule has 1 aliphatic carbocycles. The maximum atomic E-state index is 13.2. The van der Waals surface area contributed by atoms with Gasteiger partial charge in [0.25, 0.3) is 0 Å². The summed E-state index contributed by atoms with van der Waals surface area (Å²) in [6.07, 6.45) is 8.33. The van der Waals surface area contributed by atoms with Crippen LogP contribution in [0.15, 0.2) is 28.0 Å². The predicted molar refractivity (Wildman–Crippen MR) is 106 cm³/mol. The summed E-state index contributed by atoms with van der Waals surface area (Å²) < 4.78 is 7.43. The van der Waals surface area contributed by atoms with Gasteiger partial charge in [-0.15, -0.1) is 5.10 Å². The third kappa shape index (κ3) is 4.57. The van der Waals surface area contributed by atoms with Crippen LogP contribution >= 0.6 is 11.8 Å². The summed E-state index contributed by atoms with van der Waals surface area (Å²) in [6.45, 7) is 2.55. The number of carbonyl (C=O) groups excluding carboxylic acids is 1. The van der Waals surface area contributed by atoms with Gasteiger partial charge in [-0.3, -0.25) is 4.79 Å². The van der Waals surface area contributed by atoms with Crippen molar-refractivity contribution in [2.24, 2.45) is 0 Å². The van der Waals surface area contributed by atoms with Crippen molar-refractivity contribution in [2.45, 2.75) is 62.3 Å². The van der Waals surface area contributed by atoms with Gasteiger partial charge < -0.3 is 14.2 Å². The van der Waals surface area contributed by atoms with E-state index in [0.29, 0.717) is 18.3 Å². The molecule has 1 amide bonds. The zero-order valence-electron chi connectivity index (χ0n) is 16.4. The number of hydrogen-bond acceptors (Lipinski definition) is 7. The lowest BCUT2D eigenvalue weighted by molar-refractivity contribution is -0.132. The third-order valence-corrected chi connectivity index (χ3v) is 6.73. The van der Waals surface area contributed by atoms with Crippen molar-refractivity contribution in [3.8, 4) is 0 Å². The van der Waals surface area contributed by atoms with Crippen LogP contribution < -0.4 is 0 Å². The Morgan fingerprint density at radius 2 is 2.07 bits per heavy atom. The minimum absolute atomic E-state index is 0.122. The molecule has 152 valence electrons. The smallest absolute Gasteiger partial charge is 0.233 e. The molecule has 8 nitrogen and oxygen atoms in total. The van der Waals surface area contributed by atoms with Crippen molar-refractivity contribution in [3.05, 3.63) is 24.2 Å². The number of carbonyl (C=O) groups is 1. The fraction of sp³-hybridized carbons (Fsp3) is 0.684. The van der Waals surface area contributed by atoms with Crippen LogP contribution in [-0.4, -0.2) is 67.8 Å². The Morgan fingerprint density at radius 3 is 2.79 bits per heavy atom. The molecule has 1 saturated carbocycles. The van der Waals surface area contributed by atoms with Crippen LogP contribution in [0.5, 0.6) is 0 Å². The number of tetrazole rings is 1. The Balaban J connectivity index is 1.41. The largest absolute Gasteiger partial charge is 0.467 e. The second-order valence-corrected chi connectivity index (χ2v) is 8.71. The van der Waals surface area contributed by atoms with Crippen LogP contribution in [0.2, 0.25) is 0 Å². The van der Waals surface area contributed by atoms with Gasteiger partial charge in [-0.1, -0.05) is 24.6 Å². The maximum absolute atomic E-state index is 13.2. The van der Waals surface area contributed by atoms with Gasteiger partial charge in [0.05, 0.1) is 24.6 Å². The van der Waals surface area contributed by atoms with Crippen molar-refractivity contribution in [1.29, 1.82) is 0 Å². The average Bonchev–Trinajstić information content (AvgIpc) is 3.47. The van der Waals surface area contributed by atoms with E-state index in [1.165, 1.54) is 24.6 Å². The van der Waals surface area contributed by atoms with Crippen molar-refractivity contribution in [3.63, 3.8) is 0 Å². The van der Waals surface area contributed by atoms with E-state index in [9.17, 15) is 4.79 Å². The molecule has 2 aliphatic rings. The number of nitrogens with zero attached hydrogens (tertiary/aromatic N) is 6. The summed E-state index contributed by atoms with van der Waals surface area (Å²) in [5, 5.41) is 12.9. The molecule has 2 fully saturated rings. The van der Waals surface area contributed by atoms with Crippen molar-refractivity contribution in [2.75, 3.05) is 25.9 Å². The molecular formula is C19H28N6O2S. The number of furan rings is 1. The Kier molecular flexibility index (Phi) is 6.31. The number of likely N-dealkylation sites (tertiary alicyclic amines) is 1. The second kappa shape index (κ2) is 9.09. The lowest BCUT2D eigenvalue weighted by atomic mass is 10.0. The molecule has 2 aromatic rings. The summed E-state index contributed by atoms with van der Waals surface area (Å²) in [5.41, 5.74) is 0. The maximum Gasteiger partial charge on any atom is 0.233 e. The van der Waals surface area contributed by atoms with E-state index in [4.69, 9.17) is 4.42 Å². The highest BCUT2D eigenvalue weighted by Gasteiger charge is 2.29.